The molecular weight excluding hydrogens is 722 g/mol. The molecule has 53 heavy (non-hydrogen) atoms. The van der Waals surface area contributed by atoms with Crippen LogP contribution in [0.1, 0.15) is 39.2 Å². The molecule has 7 N–H and O–H groups in total. The number of anilines is 1. The number of epoxide rings is 1. The Hall–Kier alpha value is -3.52. The molecule has 4 bridgehead atoms. The summed E-state index contributed by atoms with van der Waals surface area (Å²) in [7, 11) is 3.94. The predicted molar refractivity (Wildman–Crippen MR) is 186 cm³/mol. The van der Waals surface area contributed by atoms with Crippen LogP contribution in [-0.2, 0) is 39.6 Å². The summed E-state index contributed by atoms with van der Waals surface area (Å²) < 4.78 is 34.4. The molecule has 4 aliphatic heterocycles. The third-order valence-electron chi connectivity index (χ3n) is 10.4. The van der Waals surface area contributed by atoms with Crippen LogP contribution in [0.4, 0.5) is 15.3 Å². The molecule has 12 atom stereocenters. The molecule has 3 fully saturated rings. The summed E-state index contributed by atoms with van der Waals surface area (Å²) in [6, 6.07) is 2.91. The number of aliphatic hydroxyl groups is 4. The quantitative estimate of drug-likeness (QED) is 0.207. The Balaban J connectivity index is 1.67. The number of alkyl carbamates (subject to hydrolysis) is 2. The molecule has 4 heterocycles. The van der Waals surface area contributed by atoms with Crippen LogP contribution in [0, 0.1) is 5.92 Å². The number of phenolic OH excluding ortho intramolecular Hbond substituents is 1. The summed E-state index contributed by atoms with van der Waals surface area (Å²) in [5.74, 6) is -1.86. The van der Waals surface area contributed by atoms with Gasteiger partial charge in [0.15, 0.2) is 12.0 Å². The fourth-order valence-corrected chi connectivity index (χ4v) is 7.59. The van der Waals surface area contributed by atoms with Crippen molar-refractivity contribution in [3.63, 3.8) is 0 Å². The summed E-state index contributed by atoms with van der Waals surface area (Å²) in [6.07, 6.45) is -8.88. The van der Waals surface area contributed by atoms with E-state index in [1.165, 1.54) is 33.4 Å². The van der Waals surface area contributed by atoms with E-state index in [1.807, 2.05) is 0 Å². The first-order valence-electron chi connectivity index (χ1n) is 17.1. The van der Waals surface area contributed by atoms with Crippen LogP contribution < -0.4 is 15.5 Å². The molecular formula is C35H48ClN3O14. The van der Waals surface area contributed by atoms with Crippen molar-refractivity contribution < 1.29 is 68.3 Å². The van der Waals surface area contributed by atoms with E-state index in [0.717, 1.165) is 10.5 Å². The van der Waals surface area contributed by atoms with Crippen LogP contribution in [0.25, 0.3) is 0 Å². The highest BCUT2D eigenvalue weighted by atomic mass is 35.5. The molecule has 1 aromatic carbocycles. The number of fused-ring (bicyclic) bond motifs is 5. The molecule has 0 spiro atoms. The monoisotopic (exact) mass is 769 g/mol. The lowest BCUT2D eigenvalue weighted by Gasteiger charge is -2.46. The molecule has 4 aliphatic rings. The van der Waals surface area contributed by atoms with Crippen LogP contribution >= 0.6 is 11.6 Å². The van der Waals surface area contributed by atoms with Crippen LogP contribution in [0.3, 0.4) is 0 Å². The summed E-state index contributed by atoms with van der Waals surface area (Å²) in [6.45, 7) is 4.42. The zero-order valence-electron chi connectivity index (χ0n) is 30.2. The maximum absolute atomic E-state index is 14.7. The van der Waals surface area contributed by atoms with E-state index in [2.05, 4.69) is 10.6 Å². The number of allylic oxidation sites excluding steroid dienone is 3. The third-order valence-corrected chi connectivity index (χ3v) is 10.7. The highest BCUT2D eigenvalue weighted by Gasteiger charge is 2.65. The number of nitrogens with zero attached hydrogens (tertiary/aromatic N) is 1. The SMILES string of the molecule is CNC(=O)O[C@H]1CC(=O)N([C@@H]2O[C@H](CO)[C@@H](O)[C@H](OC)[C@H]2O)c2cc(cc(O)c2Cl)C/C(C)=C/C=C/[C@@H](OC)[C@@]2(O)C[C@H](OC(=O)N2)[C@@H](C)[C@@H]2O[C@@]12C. The summed E-state index contributed by atoms with van der Waals surface area (Å²) in [5.41, 5.74) is -2.12. The van der Waals surface area contributed by atoms with E-state index >= 15 is 0 Å². The van der Waals surface area contributed by atoms with Crippen molar-refractivity contribution in [1.82, 2.24) is 10.6 Å². The van der Waals surface area contributed by atoms with E-state index in [-0.39, 0.29) is 23.6 Å². The first-order chi connectivity index (χ1) is 25.0. The van der Waals surface area contributed by atoms with Gasteiger partial charge in [-0.2, -0.15) is 0 Å². The van der Waals surface area contributed by atoms with Crippen molar-refractivity contribution in [2.75, 3.05) is 32.8 Å². The molecule has 294 valence electrons. The standard InChI is InChI=1S/C35H48ClN3O14/c1-16-8-7-9-23(48-5)35(47)14-21(51-33(46)38-35)17(2)30-34(3,53-30)24(52-32(45)37-4)13-25(42)39(19-11-18(10-16)12-20(41)26(19)36)31-28(44)29(49-6)27(43)22(15-40)50-31/h7-9,11-12,17,21-24,27-31,40-41,43-44,47H,10,13-15H2,1-6H3,(H,37,45)(H,38,46)/b9-7+,16-8+/t17-,21+,22-,23-,24+,27-,28-,29+,30+,31-,34+,35+/m1/s1. The lowest BCUT2D eigenvalue weighted by molar-refractivity contribution is -0.235. The van der Waals surface area contributed by atoms with Crippen molar-refractivity contribution in [2.24, 2.45) is 5.92 Å². The number of benzene rings is 1. The van der Waals surface area contributed by atoms with Gasteiger partial charge in [-0.25, -0.2) is 9.59 Å². The Kier molecular flexibility index (Phi) is 12.3. The largest absolute Gasteiger partial charge is 0.506 e. The lowest BCUT2D eigenvalue weighted by atomic mass is 9.83. The molecule has 1 aromatic rings. The molecule has 18 heteroatoms. The van der Waals surface area contributed by atoms with Gasteiger partial charge in [-0.1, -0.05) is 42.3 Å². The van der Waals surface area contributed by atoms with Crippen LogP contribution in [0.5, 0.6) is 5.75 Å². The number of amides is 3. The number of rotatable bonds is 5. The highest BCUT2D eigenvalue weighted by molar-refractivity contribution is 6.35. The van der Waals surface area contributed by atoms with Gasteiger partial charge in [-0.3, -0.25) is 15.0 Å². The number of halogens is 1. The van der Waals surface area contributed by atoms with Crippen LogP contribution in [-0.4, -0.2) is 138 Å². The normalized spacial score (nSPS) is 39.5. The van der Waals surface area contributed by atoms with E-state index in [1.54, 1.807) is 39.0 Å². The van der Waals surface area contributed by atoms with Crippen molar-refractivity contribution in [3.8, 4) is 5.75 Å². The van der Waals surface area contributed by atoms with Crippen molar-refractivity contribution in [3.05, 3.63) is 46.5 Å². The topological polar surface area (TPSA) is 238 Å². The van der Waals surface area contributed by atoms with Crippen LogP contribution in [0.15, 0.2) is 35.9 Å². The number of phenols is 1. The number of carbonyl (C=O) groups is 3. The van der Waals surface area contributed by atoms with Crippen molar-refractivity contribution >= 4 is 35.4 Å². The van der Waals surface area contributed by atoms with Gasteiger partial charge in [0, 0.05) is 33.6 Å². The molecule has 0 aromatic heterocycles. The number of ether oxygens (including phenoxy) is 6. The Morgan fingerprint density at radius 1 is 1.19 bits per heavy atom. The first kappa shape index (κ1) is 40.7. The Labute approximate surface area is 311 Å². The maximum atomic E-state index is 14.7. The third kappa shape index (κ3) is 8.13. The van der Waals surface area contributed by atoms with Gasteiger partial charge in [0.2, 0.25) is 5.91 Å². The minimum Gasteiger partial charge on any atom is -0.506 e. The predicted octanol–water partition coefficient (Wildman–Crippen LogP) is 1.00. The van der Waals surface area contributed by atoms with E-state index in [0.29, 0.717) is 5.56 Å². The van der Waals surface area contributed by atoms with Crippen molar-refractivity contribution in [2.45, 2.75) is 106 Å². The average Bonchev–Trinajstić information content (AvgIpc) is 3.80. The number of hydrogen-bond donors (Lipinski definition) is 7. The van der Waals surface area contributed by atoms with E-state index in [9.17, 15) is 39.9 Å². The molecule has 0 radical (unpaired) electrons. The van der Waals surface area contributed by atoms with Gasteiger partial charge in [-0.05, 0) is 38.0 Å². The average molecular weight is 770 g/mol. The molecule has 3 saturated heterocycles. The Morgan fingerprint density at radius 2 is 1.91 bits per heavy atom. The number of methoxy groups -OCH3 is 2. The second-order valence-corrected chi connectivity index (χ2v) is 14.4. The molecule has 5 rings (SSSR count). The lowest BCUT2D eigenvalue weighted by Crippen LogP contribution is -2.65. The highest BCUT2D eigenvalue weighted by Crippen LogP contribution is 2.49. The second kappa shape index (κ2) is 16.1. The first-order valence-corrected chi connectivity index (χ1v) is 17.5. The number of nitrogens with one attached hydrogen (secondary N) is 2. The molecule has 3 amide bonds. The number of carbonyl (C=O) groups excluding carboxylic acids is 3. The maximum Gasteiger partial charge on any atom is 0.409 e. The summed E-state index contributed by atoms with van der Waals surface area (Å²) >= 11 is 6.68. The van der Waals surface area contributed by atoms with Gasteiger partial charge in [-0.15, -0.1) is 0 Å². The second-order valence-electron chi connectivity index (χ2n) is 14.0. The van der Waals surface area contributed by atoms with Gasteiger partial charge in [0.25, 0.3) is 0 Å². The van der Waals surface area contributed by atoms with Gasteiger partial charge in [0.1, 0.15) is 59.1 Å². The minimum absolute atomic E-state index is 0.0983. The van der Waals surface area contributed by atoms with Gasteiger partial charge in [0.05, 0.1) is 24.8 Å². The zero-order chi connectivity index (χ0) is 39.0. The van der Waals surface area contributed by atoms with E-state index in [4.69, 9.17) is 40.0 Å². The molecule has 0 saturated carbocycles. The van der Waals surface area contributed by atoms with Gasteiger partial charge >= 0.3 is 12.2 Å². The fourth-order valence-electron chi connectivity index (χ4n) is 7.39. The summed E-state index contributed by atoms with van der Waals surface area (Å²) in [4.78, 5) is 41.2. The number of aromatic hydroxyl groups is 1. The van der Waals surface area contributed by atoms with Crippen LogP contribution in [0.2, 0.25) is 5.02 Å². The van der Waals surface area contributed by atoms with Crippen molar-refractivity contribution in [1.29, 1.82) is 0 Å². The number of aliphatic hydroxyl groups excluding tert-OH is 3. The Morgan fingerprint density at radius 3 is 2.55 bits per heavy atom. The Bertz CT molecular complexity index is 1610. The zero-order valence-corrected chi connectivity index (χ0v) is 31.0. The fraction of sp³-hybridized carbons (Fsp3) is 0.629. The molecule has 0 aliphatic carbocycles. The van der Waals surface area contributed by atoms with Gasteiger partial charge < -0.3 is 59.3 Å². The summed E-state index contributed by atoms with van der Waals surface area (Å²) in [5, 5.41) is 59.6. The smallest absolute Gasteiger partial charge is 0.409 e. The molecule has 17 nitrogen and oxygen atoms in total. The number of hydrogen-bond acceptors (Lipinski definition) is 14. The minimum atomic E-state index is -1.89. The van der Waals surface area contributed by atoms with E-state index < -0.39 is 109 Å². The molecule has 0 unspecified atom stereocenters.